The Morgan fingerprint density at radius 2 is 0.545 bits per heavy atom. The van der Waals surface area contributed by atoms with Crippen molar-refractivity contribution in [1.29, 1.82) is 0 Å². The molecule has 0 amide bonds. The Hall–Kier alpha value is -5.87. The molecule has 0 aliphatic carbocycles. The first-order chi connectivity index (χ1) is 48.6. The monoisotopic (exact) mass is 1370 g/mol. The summed E-state index contributed by atoms with van der Waals surface area (Å²) in [4.78, 5) is 37.7. The summed E-state index contributed by atoms with van der Waals surface area (Å²) < 4.78 is 23.0. The van der Waals surface area contributed by atoms with Crippen LogP contribution in [0.25, 0.3) is 0 Å². The molecule has 2 atom stereocenters. The van der Waals surface area contributed by atoms with Crippen LogP contribution in [0.2, 0.25) is 0 Å². The Bertz CT molecular complexity index is 2340. The Labute approximate surface area is 608 Å². The van der Waals surface area contributed by atoms with E-state index < -0.39 is 24.3 Å². The first-order valence-electron chi connectivity index (χ1n) is 39.6. The third-order valence-corrected chi connectivity index (χ3v) is 16.3. The van der Waals surface area contributed by atoms with Crippen LogP contribution in [0.1, 0.15) is 296 Å². The summed E-state index contributed by atoms with van der Waals surface area (Å²) in [6, 6.07) is 0. The Morgan fingerprint density at radius 3 is 0.808 bits per heavy atom. The number of carboxylic acid groups (broad SMARTS) is 1. The van der Waals surface area contributed by atoms with Crippen LogP contribution in [-0.4, -0.2) is 87.4 Å². The van der Waals surface area contributed by atoms with Gasteiger partial charge in [-0.3, -0.25) is 9.59 Å². The smallest absolute Gasteiger partial charge is 0.361 e. The molecule has 0 aromatic rings. The number of likely N-dealkylation sites (N-methyl/N-ethyl adjacent to an activating group) is 1. The minimum atomic E-state index is -1.52. The number of esters is 2. The van der Waals surface area contributed by atoms with E-state index in [-0.39, 0.29) is 38.6 Å². The Morgan fingerprint density at radius 1 is 0.303 bits per heavy atom. The number of quaternary nitrogens is 1. The van der Waals surface area contributed by atoms with E-state index in [2.05, 4.69) is 208 Å². The molecule has 558 valence electrons. The fourth-order valence-electron chi connectivity index (χ4n) is 10.4. The molecule has 0 bridgehead atoms. The highest BCUT2D eigenvalue weighted by Crippen LogP contribution is 2.17. The van der Waals surface area contributed by atoms with Crippen molar-refractivity contribution < 1.29 is 42.9 Å². The van der Waals surface area contributed by atoms with Crippen molar-refractivity contribution >= 4 is 17.9 Å². The van der Waals surface area contributed by atoms with Crippen LogP contribution >= 0.6 is 0 Å². The van der Waals surface area contributed by atoms with Crippen molar-refractivity contribution in [2.45, 2.75) is 309 Å². The van der Waals surface area contributed by atoms with Gasteiger partial charge in [-0.2, -0.15) is 0 Å². The summed E-state index contributed by atoms with van der Waals surface area (Å²) in [5, 5.41) is 9.78. The quantitative estimate of drug-likeness (QED) is 0.0211. The largest absolute Gasteiger partial charge is 0.477 e. The van der Waals surface area contributed by atoms with Crippen LogP contribution in [0.3, 0.4) is 0 Å². The van der Waals surface area contributed by atoms with Gasteiger partial charge in [0.1, 0.15) is 13.2 Å². The average molecular weight is 1370 g/mol. The van der Waals surface area contributed by atoms with Crippen molar-refractivity contribution in [3.05, 3.63) is 194 Å². The van der Waals surface area contributed by atoms with Crippen molar-refractivity contribution in [3.8, 4) is 0 Å². The lowest BCUT2D eigenvalue weighted by molar-refractivity contribution is -0.870. The summed E-state index contributed by atoms with van der Waals surface area (Å²) in [5.74, 6) is -2.02. The van der Waals surface area contributed by atoms with Gasteiger partial charge in [-0.1, -0.05) is 337 Å². The summed E-state index contributed by atoms with van der Waals surface area (Å²) in [6.07, 6.45) is 117. The van der Waals surface area contributed by atoms with Crippen LogP contribution in [0.15, 0.2) is 194 Å². The van der Waals surface area contributed by atoms with E-state index in [1.165, 1.54) is 109 Å². The fraction of sp³-hybridized carbons (Fsp3) is 0.611. The van der Waals surface area contributed by atoms with E-state index in [4.69, 9.17) is 18.9 Å². The molecule has 0 saturated carbocycles. The van der Waals surface area contributed by atoms with Gasteiger partial charge in [-0.05, 0) is 141 Å². The topological polar surface area (TPSA) is 108 Å². The van der Waals surface area contributed by atoms with E-state index in [0.717, 1.165) is 154 Å². The van der Waals surface area contributed by atoms with Crippen LogP contribution in [0, 0.1) is 0 Å². The SMILES string of the molecule is CC/C=C\C/C=C\C/C=C\C/C=C\C/C=C\C/C=C\C/C=C\C/C=C\CCCCCCCCCCCCCCCCCCC(=O)OC(COC(=O)CCCCCCCCCC/C=C\C/C=C\C/C=C\C/C=C\C/C=C\C/C=C\C/C=C\C/C=C\CC)COC(OCC[N+](C)(C)C)C(=O)O. The van der Waals surface area contributed by atoms with E-state index in [1.54, 1.807) is 0 Å². The molecule has 0 aromatic carbocycles. The number of nitrogens with zero attached hydrogens (tertiary/aromatic N) is 1. The van der Waals surface area contributed by atoms with E-state index in [1.807, 2.05) is 21.1 Å². The average Bonchev–Trinajstić information content (AvgIpc) is 2.62. The zero-order valence-corrected chi connectivity index (χ0v) is 63.8. The molecule has 9 nitrogen and oxygen atoms in total. The summed E-state index contributed by atoms with van der Waals surface area (Å²) in [5.41, 5.74) is 0. The summed E-state index contributed by atoms with van der Waals surface area (Å²) in [6.45, 7) is 4.64. The van der Waals surface area contributed by atoms with Gasteiger partial charge in [0.2, 0.25) is 0 Å². The van der Waals surface area contributed by atoms with Gasteiger partial charge in [0.15, 0.2) is 6.10 Å². The highest BCUT2D eigenvalue weighted by atomic mass is 16.7. The fourth-order valence-corrected chi connectivity index (χ4v) is 10.4. The molecule has 0 rings (SSSR count). The van der Waals surface area contributed by atoms with Gasteiger partial charge in [0, 0.05) is 12.8 Å². The number of carbonyl (C=O) groups is 3. The van der Waals surface area contributed by atoms with E-state index in [0.29, 0.717) is 17.4 Å². The van der Waals surface area contributed by atoms with Gasteiger partial charge < -0.3 is 28.5 Å². The van der Waals surface area contributed by atoms with Gasteiger partial charge >= 0.3 is 17.9 Å². The number of unbranched alkanes of at least 4 members (excludes halogenated alkanes) is 24. The summed E-state index contributed by atoms with van der Waals surface area (Å²) in [7, 11) is 5.97. The Balaban J connectivity index is 4.11. The highest BCUT2D eigenvalue weighted by Gasteiger charge is 2.25. The number of carboxylic acids is 1. The number of rotatable bonds is 71. The lowest BCUT2D eigenvalue weighted by Gasteiger charge is -2.25. The predicted octanol–water partition coefficient (Wildman–Crippen LogP) is 25.7. The third kappa shape index (κ3) is 79.3. The second-order valence-electron chi connectivity index (χ2n) is 26.9. The van der Waals surface area contributed by atoms with Crippen molar-refractivity contribution in [1.82, 2.24) is 0 Å². The van der Waals surface area contributed by atoms with Crippen LogP contribution in [-0.2, 0) is 33.3 Å². The number of hydrogen-bond donors (Lipinski definition) is 1. The maximum absolute atomic E-state index is 13.0. The van der Waals surface area contributed by atoms with Gasteiger partial charge in [-0.25, -0.2) is 4.79 Å². The van der Waals surface area contributed by atoms with Gasteiger partial charge in [0.05, 0.1) is 34.4 Å². The molecule has 1 N–H and O–H groups in total. The number of carbonyl (C=O) groups excluding carboxylic acids is 2. The van der Waals surface area contributed by atoms with Crippen LogP contribution in [0.5, 0.6) is 0 Å². The molecule has 0 aliphatic heterocycles. The third-order valence-electron chi connectivity index (χ3n) is 16.3. The zero-order chi connectivity index (χ0) is 71.8. The normalized spacial score (nSPS) is 13.7. The Kier molecular flexibility index (Phi) is 73.2. The predicted molar refractivity (Wildman–Crippen MR) is 428 cm³/mol. The molecule has 0 saturated heterocycles. The second-order valence-corrected chi connectivity index (χ2v) is 26.9. The second kappa shape index (κ2) is 77.9. The van der Waals surface area contributed by atoms with Crippen molar-refractivity contribution in [3.63, 3.8) is 0 Å². The van der Waals surface area contributed by atoms with E-state index >= 15 is 0 Å². The van der Waals surface area contributed by atoms with E-state index in [9.17, 15) is 19.5 Å². The first-order valence-corrected chi connectivity index (χ1v) is 39.6. The number of aliphatic carboxylic acids is 1. The molecule has 0 radical (unpaired) electrons. The first kappa shape index (κ1) is 93.1. The van der Waals surface area contributed by atoms with Crippen LogP contribution < -0.4 is 0 Å². The molecule has 2 unspecified atom stereocenters. The molecule has 0 spiro atoms. The maximum atomic E-state index is 13.0. The van der Waals surface area contributed by atoms with Crippen LogP contribution in [0.4, 0.5) is 0 Å². The lowest BCUT2D eigenvalue weighted by Crippen LogP contribution is -2.40. The highest BCUT2D eigenvalue weighted by molar-refractivity contribution is 5.71. The van der Waals surface area contributed by atoms with Crippen molar-refractivity contribution in [2.24, 2.45) is 0 Å². The molecular formula is C90H146NO8+. The standard InChI is InChI=1S/C90H145NO8/c1-6-8-10-12-14-16-18-20-22-24-26-28-30-32-34-36-38-40-41-42-43-44-45-46-47-49-51-53-55-57-59-61-63-65-67-69-71-73-75-77-79-81-88(93)99-86(85-98-90(89(94)95)96-83-82-91(3,4)5)84-97-87(92)80-78-76-74-72-70-68-66-64-62-60-58-56-54-52-50-48-39-37-35-33-31-29-27-25-23-21-19-17-15-13-11-9-7-2/h8-11,14-17,20-23,26-29,32-35,38-40,42-43,45-46,48,52,54,58,60,86,90H,6-7,12-13,18-19,24-25,30-31,36-37,41,44,47,49-51,53,55-57,59,61-85H2,1-5H3/p+1/b10-8-,11-9-,16-14-,17-15-,22-20-,23-21-,28-26-,29-27-,34-32-,35-33-,40-38-,43-42-,46-45-,48-39-,54-52-,60-58-. The number of ether oxygens (including phenoxy) is 4. The molecule has 0 heterocycles. The molecule has 0 fully saturated rings. The lowest BCUT2D eigenvalue weighted by atomic mass is 10.0. The minimum absolute atomic E-state index is 0.178. The summed E-state index contributed by atoms with van der Waals surface area (Å²) >= 11 is 0. The maximum Gasteiger partial charge on any atom is 0.361 e. The zero-order valence-electron chi connectivity index (χ0n) is 63.8. The number of hydrogen-bond acceptors (Lipinski definition) is 7. The molecular weight excluding hydrogens is 1220 g/mol. The van der Waals surface area contributed by atoms with Crippen molar-refractivity contribution in [2.75, 3.05) is 47.5 Å². The molecule has 99 heavy (non-hydrogen) atoms. The van der Waals surface area contributed by atoms with Gasteiger partial charge in [0.25, 0.3) is 6.29 Å². The minimum Gasteiger partial charge on any atom is -0.477 e. The molecule has 0 aromatic heterocycles. The molecule has 9 heteroatoms. The number of allylic oxidation sites excluding steroid dienone is 32. The van der Waals surface area contributed by atoms with Gasteiger partial charge in [-0.15, -0.1) is 0 Å². The molecule has 0 aliphatic rings.